The molecule has 2 N–H and O–H groups in total. The molecule has 106 valence electrons. The quantitative estimate of drug-likeness (QED) is 0.836. The summed E-state index contributed by atoms with van der Waals surface area (Å²) in [5, 5.41) is 6.40. The zero-order valence-electron chi connectivity index (χ0n) is 11.0. The Morgan fingerprint density at radius 3 is 2.71 bits per heavy atom. The predicted molar refractivity (Wildman–Crippen MR) is 88.0 cm³/mol. The van der Waals surface area contributed by atoms with Crippen molar-refractivity contribution >= 4 is 40.5 Å². The van der Waals surface area contributed by atoms with E-state index in [-0.39, 0.29) is 12.5 Å². The molecule has 0 fully saturated rings. The SMILES string of the molecule is C#Cc1cccc(NCC(=O)Nc2cccc(Cl)c2Cl)c1. The smallest absolute Gasteiger partial charge is 0.243 e. The molecule has 2 aromatic rings. The molecule has 0 bridgehead atoms. The van der Waals surface area contributed by atoms with E-state index in [1.807, 2.05) is 18.2 Å². The molecule has 0 unspecified atom stereocenters. The zero-order chi connectivity index (χ0) is 15.2. The van der Waals surface area contributed by atoms with Crippen molar-refractivity contribution in [3.63, 3.8) is 0 Å². The van der Waals surface area contributed by atoms with Gasteiger partial charge >= 0.3 is 0 Å². The highest BCUT2D eigenvalue weighted by atomic mass is 35.5. The molecule has 0 aliphatic heterocycles. The van der Waals surface area contributed by atoms with Crippen LogP contribution in [0.25, 0.3) is 0 Å². The number of terminal acetylenes is 1. The van der Waals surface area contributed by atoms with Crippen molar-refractivity contribution in [1.82, 2.24) is 0 Å². The predicted octanol–water partition coefficient (Wildman–Crippen LogP) is 4.03. The van der Waals surface area contributed by atoms with Gasteiger partial charge in [0.05, 0.1) is 22.3 Å². The Balaban J connectivity index is 1.96. The van der Waals surface area contributed by atoms with Gasteiger partial charge in [0, 0.05) is 11.3 Å². The maximum atomic E-state index is 11.9. The molecule has 0 radical (unpaired) electrons. The summed E-state index contributed by atoms with van der Waals surface area (Å²) in [6, 6.07) is 12.3. The van der Waals surface area contributed by atoms with Crippen LogP contribution < -0.4 is 10.6 Å². The van der Waals surface area contributed by atoms with E-state index in [9.17, 15) is 4.79 Å². The van der Waals surface area contributed by atoms with Crippen molar-refractivity contribution in [3.05, 3.63) is 58.1 Å². The monoisotopic (exact) mass is 318 g/mol. The first-order valence-electron chi connectivity index (χ1n) is 6.14. The van der Waals surface area contributed by atoms with Crippen LogP contribution in [-0.2, 0) is 4.79 Å². The minimum atomic E-state index is -0.231. The standard InChI is InChI=1S/C16H12Cl2N2O/c1-2-11-5-3-6-12(9-11)19-10-15(21)20-14-8-4-7-13(17)16(14)18/h1,3-9,19H,10H2,(H,20,21). The van der Waals surface area contributed by atoms with Gasteiger partial charge in [0.1, 0.15) is 0 Å². The topological polar surface area (TPSA) is 41.1 Å². The molecule has 0 spiro atoms. The lowest BCUT2D eigenvalue weighted by molar-refractivity contribution is -0.114. The van der Waals surface area contributed by atoms with Gasteiger partial charge in [-0.05, 0) is 30.3 Å². The Hall–Kier alpha value is -2.15. The third-order valence-corrected chi connectivity index (χ3v) is 3.53. The molecule has 1 amide bonds. The van der Waals surface area contributed by atoms with Gasteiger partial charge in [0.25, 0.3) is 0 Å². The lowest BCUT2D eigenvalue weighted by Gasteiger charge is -2.10. The average Bonchev–Trinajstić information content (AvgIpc) is 2.50. The van der Waals surface area contributed by atoms with E-state index in [0.29, 0.717) is 15.7 Å². The summed E-state index contributed by atoms with van der Waals surface area (Å²) >= 11 is 11.9. The van der Waals surface area contributed by atoms with E-state index < -0.39 is 0 Å². The third-order valence-electron chi connectivity index (χ3n) is 2.71. The summed E-state index contributed by atoms with van der Waals surface area (Å²) in [6.07, 6.45) is 5.32. The van der Waals surface area contributed by atoms with E-state index in [2.05, 4.69) is 16.6 Å². The zero-order valence-corrected chi connectivity index (χ0v) is 12.5. The minimum Gasteiger partial charge on any atom is -0.376 e. The number of hydrogen-bond donors (Lipinski definition) is 2. The summed E-state index contributed by atoms with van der Waals surface area (Å²) in [4.78, 5) is 11.9. The van der Waals surface area contributed by atoms with Crippen LogP contribution in [-0.4, -0.2) is 12.5 Å². The number of anilines is 2. The molecule has 0 aliphatic carbocycles. The van der Waals surface area contributed by atoms with E-state index in [1.54, 1.807) is 24.3 Å². The average molecular weight is 319 g/mol. The van der Waals surface area contributed by atoms with Crippen LogP contribution in [0.4, 0.5) is 11.4 Å². The Bertz CT molecular complexity index is 708. The van der Waals surface area contributed by atoms with Crippen LogP contribution in [0.15, 0.2) is 42.5 Å². The maximum Gasteiger partial charge on any atom is 0.243 e. The van der Waals surface area contributed by atoms with E-state index in [4.69, 9.17) is 29.6 Å². The highest BCUT2D eigenvalue weighted by Gasteiger charge is 2.08. The molecule has 3 nitrogen and oxygen atoms in total. The Labute approximate surface area is 133 Å². The largest absolute Gasteiger partial charge is 0.376 e. The molecule has 2 aromatic carbocycles. The Morgan fingerprint density at radius 2 is 1.95 bits per heavy atom. The van der Waals surface area contributed by atoms with Gasteiger partial charge in [-0.15, -0.1) is 6.42 Å². The highest BCUT2D eigenvalue weighted by molar-refractivity contribution is 6.44. The fourth-order valence-corrected chi connectivity index (χ4v) is 2.04. The van der Waals surface area contributed by atoms with Crippen LogP contribution in [0, 0.1) is 12.3 Å². The first kappa shape index (κ1) is 15.2. The van der Waals surface area contributed by atoms with E-state index >= 15 is 0 Å². The lowest BCUT2D eigenvalue weighted by Crippen LogP contribution is -2.21. The molecule has 0 saturated heterocycles. The van der Waals surface area contributed by atoms with Crippen molar-refractivity contribution in [1.29, 1.82) is 0 Å². The molecule has 0 heterocycles. The Morgan fingerprint density at radius 1 is 1.19 bits per heavy atom. The molecule has 0 aliphatic rings. The van der Waals surface area contributed by atoms with Crippen LogP contribution in [0.1, 0.15) is 5.56 Å². The molecule has 2 rings (SSSR count). The fraction of sp³-hybridized carbons (Fsp3) is 0.0625. The molecule has 21 heavy (non-hydrogen) atoms. The number of carbonyl (C=O) groups is 1. The summed E-state index contributed by atoms with van der Waals surface area (Å²) in [5.41, 5.74) is 2.00. The number of carbonyl (C=O) groups excluding carboxylic acids is 1. The number of benzene rings is 2. The van der Waals surface area contributed by atoms with Crippen LogP contribution >= 0.6 is 23.2 Å². The van der Waals surface area contributed by atoms with Gasteiger partial charge in [-0.2, -0.15) is 0 Å². The molecular formula is C16H12Cl2N2O. The summed E-state index contributed by atoms with van der Waals surface area (Å²) in [5.74, 6) is 2.30. The summed E-state index contributed by atoms with van der Waals surface area (Å²) in [7, 11) is 0. The number of nitrogens with one attached hydrogen (secondary N) is 2. The van der Waals surface area contributed by atoms with Gasteiger partial charge in [0.2, 0.25) is 5.91 Å². The normalized spacial score (nSPS) is 9.76. The fourth-order valence-electron chi connectivity index (χ4n) is 1.70. The second-order valence-corrected chi connectivity index (χ2v) is 5.01. The van der Waals surface area contributed by atoms with E-state index in [1.165, 1.54) is 0 Å². The lowest BCUT2D eigenvalue weighted by atomic mass is 10.2. The van der Waals surface area contributed by atoms with Gasteiger partial charge in [-0.25, -0.2) is 0 Å². The molecule has 5 heteroatoms. The van der Waals surface area contributed by atoms with Crippen molar-refractivity contribution < 1.29 is 4.79 Å². The molecule has 0 aromatic heterocycles. The van der Waals surface area contributed by atoms with Crippen molar-refractivity contribution in [3.8, 4) is 12.3 Å². The van der Waals surface area contributed by atoms with Crippen LogP contribution in [0.3, 0.4) is 0 Å². The van der Waals surface area contributed by atoms with Crippen LogP contribution in [0.5, 0.6) is 0 Å². The first-order valence-corrected chi connectivity index (χ1v) is 6.90. The van der Waals surface area contributed by atoms with Gasteiger partial charge < -0.3 is 10.6 Å². The van der Waals surface area contributed by atoms with Crippen LogP contribution in [0.2, 0.25) is 10.0 Å². The number of rotatable bonds is 4. The first-order chi connectivity index (χ1) is 10.1. The van der Waals surface area contributed by atoms with Gasteiger partial charge in [-0.3, -0.25) is 4.79 Å². The van der Waals surface area contributed by atoms with Gasteiger partial charge in [-0.1, -0.05) is 41.3 Å². The number of halogens is 2. The minimum absolute atomic E-state index is 0.0941. The second-order valence-electron chi connectivity index (χ2n) is 4.23. The highest BCUT2D eigenvalue weighted by Crippen LogP contribution is 2.29. The van der Waals surface area contributed by atoms with E-state index in [0.717, 1.165) is 11.3 Å². The van der Waals surface area contributed by atoms with Crippen molar-refractivity contribution in [2.24, 2.45) is 0 Å². The maximum absolute atomic E-state index is 11.9. The summed E-state index contributed by atoms with van der Waals surface area (Å²) in [6.45, 7) is 0.0941. The van der Waals surface area contributed by atoms with Crippen molar-refractivity contribution in [2.75, 3.05) is 17.2 Å². The van der Waals surface area contributed by atoms with Crippen molar-refractivity contribution in [2.45, 2.75) is 0 Å². The Kier molecular flexibility index (Phi) is 5.10. The number of amides is 1. The molecular weight excluding hydrogens is 307 g/mol. The van der Waals surface area contributed by atoms with Gasteiger partial charge in [0.15, 0.2) is 0 Å². The second kappa shape index (κ2) is 7.03. The molecule has 0 atom stereocenters. The third kappa shape index (κ3) is 4.16. The number of hydrogen-bond acceptors (Lipinski definition) is 2. The summed E-state index contributed by atoms with van der Waals surface area (Å²) < 4.78 is 0. The molecule has 0 saturated carbocycles.